The van der Waals surface area contributed by atoms with Gasteiger partial charge in [-0.2, -0.15) is 13.2 Å². The number of rotatable bonds is 8. The molecular weight excluding hydrogens is 636 g/mol. The normalized spacial score (nSPS) is 19.1. The standard InChI is InChI=1S/C33H30F4N6O5/c1-30(9-10-30)43-29(46)41-22-13-19(12-18-4-3-11-39-24(18)22)27(44)40-15-32(47,33(35,36)37)23-14-21-26(48-16-31(21,2)28(38)45)25(42-23)17-5-7-20(34)8-6-17/h3-8,11-14,47H,9-10,15-16H2,1-2H3,(H2,38,45)(H,40,44)(H2,41,43,46)/t31-,32?/m0/s1. The van der Waals surface area contributed by atoms with Crippen LogP contribution in [0.4, 0.5) is 28.0 Å². The van der Waals surface area contributed by atoms with E-state index in [0.29, 0.717) is 10.9 Å². The summed E-state index contributed by atoms with van der Waals surface area (Å²) < 4.78 is 63.8. The summed E-state index contributed by atoms with van der Waals surface area (Å²) in [6.07, 6.45) is -2.33. The lowest BCUT2D eigenvalue weighted by Gasteiger charge is -2.31. The average molecular weight is 667 g/mol. The van der Waals surface area contributed by atoms with E-state index in [1.807, 2.05) is 6.92 Å². The highest BCUT2D eigenvalue weighted by atomic mass is 19.4. The fraction of sp³-hybridized carbons (Fsp3) is 0.303. The number of carbonyl (C=O) groups is 3. The second kappa shape index (κ2) is 11.4. The third kappa shape index (κ3) is 5.85. The summed E-state index contributed by atoms with van der Waals surface area (Å²) in [4.78, 5) is 46.9. The van der Waals surface area contributed by atoms with Gasteiger partial charge in [-0.25, -0.2) is 14.2 Å². The van der Waals surface area contributed by atoms with E-state index in [4.69, 9.17) is 10.5 Å². The second-order valence-electron chi connectivity index (χ2n) is 12.5. The van der Waals surface area contributed by atoms with Gasteiger partial charge in [-0.15, -0.1) is 0 Å². The Morgan fingerprint density at radius 1 is 1.06 bits per heavy atom. The number of aliphatic hydroxyl groups is 1. The van der Waals surface area contributed by atoms with Gasteiger partial charge in [0.05, 0.1) is 23.4 Å². The molecular formula is C33H30F4N6O5. The molecule has 1 aliphatic carbocycles. The Morgan fingerprint density at radius 2 is 1.77 bits per heavy atom. The van der Waals surface area contributed by atoms with E-state index in [1.54, 1.807) is 12.1 Å². The fourth-order valence-electron chi connectivity index (χ4n) is 5.41. The van der Waals surface area contributed by atoms with Crippen molar-refractivity contribution in [3.05, 3.63) is 83.4 Å². The summed E-state index contributed by atoms with van der Waals surface area (Å²) in [5.41, 5.74) is -0.847. The summed E-state index contributed by atoms with van der Waals surface area (Å²) in [6.45, 7) is 1.53. The predicted molar refractivity (Wildman–Crippen MR) is 165 cm³/mol. The Balaban J connectivity index is 1.37. The number of carbonyl (C=O) groups excluding carboxylic acids is 3. The van der Waals surface area contributed by atoms with Crippen LogP contribution in [-0.2, 0) is 15.8 Å². The van der Waals surface area contributed by atoms with Crippen LogP contribution in [0.1, 0.15) is 48.3 Å². The summed E-state index contributed by atoms with van der Waals surface area (Å²) >= 11 is 0. The zero-order valence-corrected chi connectivity index (χ0v) is 25.7. The molecule has 4 amide bonds. The lowest BCUT2D eigenvalue weighted by molar-refractivity contribution is -0.265. The number of anilines is 1. The first-order valence-electron chi connectivity index (χ1n) is 14.8. The first-order chi connectivity index (χ1) is 22.5. The molecule has 1 saturated carbocycles. The van der Waals surface area contributed by atoms with E-state index in [0.717, 1.165) is 31.0 Å². The number of nitrogens with zero attached hydrogens (tertiary/aromatic N) is 2. The van der Waals surface area contributed by atoms with Gasteiger partial charge in [0.2, 0.25) is 11.5 Å². The molecule has 4 aromatic rings. The van der Waals surface area contributed by atoms with Crippen molar-refractivity contribution in [1.82, 2.24) is 20.6 Å². The molecule has 11 nitrogen and oxygen atoms in total. The van der Waals surface area contributed by atoms with Crippen molar-refractivity contribution in [3.63, 3.8) is 0 Å². The highest BCUT2D eigenvalue weighted by Crippen LogP contribution is 2.47. The van der Waals surface area contributed by atoms with Gasteiger partial charge in [-0.3, -0.25) is 14.6 Å². The zero-order valence-electron chi connectivity index (χ0n) is 25.7. The molecule has 2 atom stereocenters. The van der Waals surface area contributed by atoms with Crippen molar-refractivity contribution in [1.29, 1.82) is 0 Å². The van der Waals surface area contributed by atoms with E-state index < -0.39 is 53.1 Å². The number of fused-ring (bicyclic) bond motifs is 2. The zero-order chi connectivity index (χ0) is 34.6. The van der Waals surface area contributed by atoms with Crippen LogP contribution in [0.3, 0.4) is 0 Å². The number of ether oxygens (including phenoxy) is 1. The van der Waals surface area contributed by atoms with E-state index in [1.165, 1.54) is 37.4 Å². The van der Waals surface area contributed by atoms with E-state index in [2.05, 4.69) is 25.9 Å². The molecule has 2 aromatic carbocycles. The number of urea groups is 1. The Morgan fingerprint density at radius 3 is 2.42 bits per heavy atom. The molecule has 0 radical (unpaired) electrons. The summed E-state index contributed by atoms with van der Waals surface area (Å²) in [5, 5.41) is 19.4. The van der Waals surface area contributed by atoms with Gasteiger partial charge in [-0.1, -0.05) is 6.07 Å². The molecule has 1 unspecified atom stereocenters. The minimum Gasteiger partial charge on any atom is -0.489 e. The molecule has 2 aromatic heterocycles. The Hall–Kier alpha value is -5.31. The van der Waals surface area contributed by atoms with E-state index >= 15 is 0 Å². The molecule has 0 saturated heterocycles. The number of primary amides is 1. The van der Waals surface area contributed by atoms with Crippen LogP contribution in [0.5, 0.6) is 5.75 Å². The van der Waals surface area contributed by atoms with Crippen LogP contribution >= 0.6 is 0 Å². The Bertz CT molecular complexity index is 1970. The van der Waals surface area contributed by atoms with Crippen LogP contribution in [0.2, 0.25) is 0 Å². The molecule has 3 heterocycles. The number of hydrogen-bond donors (Lipinski definition) is 5. The molecule has 1 fully saturated rings. The van der Waals surface area contributed by atoms with Crippen LogP contribution < -0.4 is 26.4 Å². The van der Waals surface area contributed by atoms with Crippen LogP contribution in [0.25, 0.3) is 22.2 Å². The lowest BCUT2D eigenvalue weighted by Crippen LogP contribution is -2.51. The number of pyridine rings is 2. The maximum absolute atomic E-state index is 14.8. The minimum atomic E-state index is -5.40. The number of nitrogens with one attached hydrogen (secondary N) is 3. The molecule has 48 heavy (non-hydrogen) atoms. The third-order valence-electron chi connectivity index (χ3n) is 8.76. The summed E-state index contributed by atoms with van der Waals surface area (Å²) in [6, 6.07) is 10.8. The number of amides is 4. The molecule has 6 N–H and O–H groups in total. The number of alkyl halides is 3. The van der Waals surface area contributed by atoms with Crippen molar-refractivity contribution in [2.75, 3.05) is 18.5 Å². The van der Waals surface area contributed by atoms with Crippen molar-refractivity contribution >= 4 is 34.4 Å². The van der Waals surface area contributed by atoms with Gasteiger partial charge in [0, 0.05) is 33.8 Å². The van der Waals surface area contributed by atoms with Crippen LogP contribution in [0, 0.1) is 5.82 Å². The summed E-state index contributed by atoms with van der Waals surface area (Å²) in [5.74, 6) is -2.58. The first kappa shape index (κ1) is 32.6. The third-order valence-corrected chi connectivity index (χ3v) is 8.76. The smallest absolute Gasteiger partial charge is 0.424 e. The van der Waals surface area contributed by atoms with Gasteiger partial charge in [0.1, 0.15) is 29.3 Å². The monoisotopic (exact) mass is 666 g/mol. The first-order valence-corrected chi connectivity index (χ1v) is 14.8. The minimum absolute atomic E-state index is 0.0512. The van der Waals surface area contributed by atoms with Gasteiger partial charge >= 0.3 is 12.2 Å². The maximum Gasteiger partial charge on any atom is 0.424 e. The summed E-state index contributed by atoms with van der Waals surface area (Å²) in [7, 11) is 0. The Labute approximate surface area is 270 Å². The average Bonchev–Trinajstić information content (AvgIpc) is 3.66. The van der Waals surface area contributed by atoms with E-state index in [9.17, 15) is 37.1 Å². The van der Waals surface area contributed by atoms with Crippen molar-refractivity contribution < 1.29 is 41.8 Å². The SMILES string of the molecule is CC1(NC(=O)Nc2cc(C(=O)NCC(O)(c3cc4c(c(-c5ccc(F)cc5)n3)OC[C@]4(C)C(N)=O)C(F)(F)F)cc3cccnc23)CC1. The molecule has 250 valence electrons. The van der Waals surface area contributed by atoms with Crippen LogP contribution in [0.15, 0.2) is 60.8 Å². The number of nitrogens with two attached hydrogens (primary N) is 1. The maximum atomic E-state index is 14.8. The predicted octanol–water partition coefficient (Wildman–Crippen LogP) is 4.43. The van der Waals surface area contributed by atoms with Crippen molar-refractivity contribution in [2.24, 2.45) is 5.73 Å². The molecule has 2 aliphatic rings. The topological polar surface area (TPSA) is 169 Å². The Kier molecular flexibility index (Phi) is 7.77. The highest BCUT2D eigenvalue weighted by molar-refractivity contribution is 6.05. The van der Waals surface area contributed by atoms with Crippen LogP contribution in [-0.4, -0.2) is 57.8 Å². The largest absolute Gasteiger partial charge is 0.489 e. The van der Waals surface area contributed by atoms with Crippen molar-refractivity contribution in [3.8, 4) is 17.0 Å². The van der Waals surface area contributed by atoms with Gasteiger partial charge in [-0.05, 0) is 75.2 Å². The van der Waals surface area contributed by atoms with Crippen molar-refractivity contribution in [2.45, 2.75) is 49.4 Å². The van der Waals surface area contributed by atoms with Gasteiger partial charge in [0.25, 0.3) is 5.91 Å². The molecule has 0 spiro atoms. The van der Waals surface area contributed by atoms with E-state index in [-0.39, 0.29) is 46.0 Å². The molecule has 1 aliphatic heterocycles. The lowest BCUT2D eigenvalue weighted by atomic mass is 9.81. The number of aromatic nitrogens is 2. The number of benzene rings is 2. The quantitative estimate of drug-likeness (QED) is 0.174. The fourth-order valence-corrected chi connectivity index (χ4v) is 5.41. The van der Waals surface area contributed by atoms with Gasteiger partial charge < -0.3 is 31.5 Å². The molecule has 0 bridgehead atoms. The number of halogens is 4. The highest BCUT2D eigenvalue weighted by Gasteiger charge is 2.57. The second-order valence-corrected chi connectivity index (χ2v) is 12.5. The number of hydrogen-bond acceptors (Lipinski definition) is 7. The molecule has 15 heteroatoms. The molecule has 6 rings (SSSR count). The van der Waals surface area contributed by atoms with Gasteiger partial charge in [0.15, 0.2) is 0 Å².